The van der Waals surface area contributed by atoms with Crippen molar-refractivity contribution in [2.45, 2.75) is 24.3 Å². The lowest BCUT2D eigenvalue weighted by Gasteiger charge is -2.13. The molecule has 7 heteroatoms. The van der Waals surface area contributed by atoms with Crippen molar-refractivity contribution in [2.24, 2.45) is 0 Å². The van der Waals surface area contributed by atoms with Gasteiger partial charge in [-0.25, -0.2) is 9.67 Å². The molecule has 0 fully saturated rings. The maximum atomic E-state index is 10.9. The molecule has 2 aromatic heterocycles. The predicted molar refractivity (Wildman–Crippen MR) is 103 cm³/mol. The third kappa shape index (κ3) is 3.79. The first-order valence-electron chi connectivity index (χ1n) is 8.20. The number of carbonyl (C=O) groups is 1. The molecule has 1 aromatic carbocycles. The summed E-state index contributed by atoms with van der Waals surface area (Å²) in [6.07, 6.45) is 3.51. The van der Waals surface area contributed by atoms with Crippen molar-refractivity contribution in [3.8, 4) is 5.82 Å². The zero-order valence-electron chi connectivity index (χ0n) is 14.6. The molecule has 6 nitrogen and oxygen atoms in total. The van der Waals surface area contributed by atoms with Crippen LogP contribution in [0.1, 0.15) is 29.7 Å². The normalized spacial score (nSPS) is 12.0. The third-order valence-corrected chi connectivity index (χ3v) is 4.92. The molecule has 0 amide bonds. The number of nitrogens with zero attached hydrogens (tertiary/aromatic N) is 3. The Balaban J connectivity index is 1.86. The summed E-state index contributed by atoms with van der Waals surface area (Å²) in [6.45, 7) is 2.05. The highest BCUT2D eigenvalue weighted by molar-refractivity contribution is 8.12. The van der Waals surface area contributed by atoms with Crippen LogP contribution in [0, 0.1) is 0 Å². The van der Waals surface area contributed by atoms with E-state index in [1.165, 1.54) is 0 Å². The third-order valence-electron chi connectivity index (χ3n) is 4.23. The average Bonchev–Trinajstić information content (AvgIpc) is 3.18. The second-order valence-electron chi connectivity index (χ2n) is 5.81. The van der Waals surface area contributed by atoms with Crippen molar-refractivity contribution in [1.29, 1.82) is 0 Å². The molecule has 2 heterocycles. The number of rotatable bonds is 7. The van der Waals surface area contributed by atoms with E-state index in [-0.39, 0.29) is 12.5 Å². The van der Waals surface area contributed by atoms with Gasteiger partial charge in [-0.05, 0) is 35.4 Å². The molecule has 0 saturated carbocycles. The van der Waals surface area contributed by atoms with E-state index in [0.717, 1.165) is 44.8 Å². The number of benzene rings is 1. The molecule has 0 bridgehead atoms. The molecule has 1 unspecified atom stereocenters. The Hall–Kier alpha value is -2.64. The minimum Gasteiger partial charge on any atom is -0.392 e. The number of hydrogen-bond donors (Lipinski definition) is 2. The van der Waals surface area contributed by atoms with Crippen molar-refractivity contribution in [3.05, 3.63) is 65.6 Å². The van der Waals surface area contributed by atoms with Gasteiger partial charge in [-0.3, -0.25) is 4.79 Å². The molecule has 1 atom stereocenters. The quantitative estimate of drug-likeness (QED) is 0.492. The van der Waals surface area contributed by atoms with Crippen molar-refractivity contribution >= 4 is 23.1 Å². The molecule has 3 rings (SSSR count). The molecule has 134 valence electrons. The van der Waals surface area contributed by atoms with Crippen LogP contribution in [0.25, 0.3) is 5.82 Å². The highest BCUT2D eigenvalue weighted by Crippen LogP contribution is 2.31. The van der Waals surface area contributed by atoms with Crippen molar-refractivity contribution in [1.82, 2.24) is 14.8 Å². The second-order valence-corrected chi connectivity index (χ2v) is 6.68. The van der Waals surface area contributed by atoms with Crippen molar-refractivity contribution < 1.29 is 9.90 Å². The maximum absolute atomic E-state index is 10.9. The predicted octanol–water partition coefficient (Wildman–Crippen LogP) is 3.24. The topological polar surface area (TPSA) is 80.0 Å². The summed E-state index contributed by atoms with van der Waals surface area (Å²) >= 11 is 1.16. The average molecular weight is 368 g/mol. The first-order valence-corrected chi connectivity index (χ1v) is 9.08. The van der Waals surface area contributed by atoms with E-state index in [4.69, 9.17) is 5.11 Å². The Bertz CT molecular complexity index is 893. The van der Waals surface area contributed by atoms with Crippen molar-refractivity contribution in [3.63, 3.8) is 0 Å². The number of thioether (sulfide) groups is 1. The van der Waals surface area contributed by atoms with Crippen LogP contribution in [-0.2, 0) is 11.4 Å². The zero-order chi connectivity index (χ0) is 18.5. The summed E-state index contributed by atoms with van der Waals surface area (Å²) in [6, 6.07) is 11.6. The van der Waals surface area contributed by atoms with E-state index in [0.29, 0.717) is 5.82 Å². The fourth-order valence-corrected chi connectivity index (χ4v) is 3.28. The smallest absolute Gasteiger partial charge is 0.181 e. The molecular weight excluding hydrogens is 348 g/mol. The van der Waals surface area contributed by atoms with Crippen LogP contribution in [0.4, 0.5) is 5.69 Å². The lowest BCUT2D eigenvalue weighted by molar-refractivity contribution is 0.281. The summed E-state index contributed by atoms with van der Waals surface area (Å²) in [5.41, 5.74) is 4.52. The summed E-state index contributed by atoms with van der Waals surface area (Å²) in [7, 11) is 1.84. The van der Waals surface area contributed by atoms with Crippen molar-refractivity contribution in [2.75, 3.05) is 12.4 Å². The summed E-state index contributed by atoms with van der Waals surface area (Å²) < 4.78 is 1.72. The van der Waals surface area contributed by atoms with Gasteiger partial charge in [0.25, 0.3) is 0 Å². The van der Waals surface area contributed by atoms with Crippen LogP contribution in [-0.4, -0.2) is 32.5 Å². The number of aliphatic hydroxyl groups excluding tert-OH is 1. The number of nitrogens with one attached hydrogen (secondary N) is 1. The Kier molecular flexibility index (Phi) is 5.70. The molecule has 2 N–H and O–H groups in total. The highest BCUT2D eigenvalue weighted by atomic mass is 32.2. The van der Waals surface area contributed by atoms with Crippen LogP contribution >= 0.6 is 11.8 Å². The van der Waals surface area contributed by atoms with Gasteiger partial charge < -0.3 is 10.4 Å². The van der Waals surface area contributed by atoms with E-state index >= 15 is 0 Å². The SMILES string of the molecule is CNc1ccc(C(C)c2ccn(-c3ccc(CO)cn3)n2)cc1SC=O. The Morgan fingerprint density at radius 2 is 2.15 bits per heavy atom. The Labute approximate surface area is 156 Å². The summed E-state index contributed by atoms with van der Waals surface area (Å²) in [5.74, 6) is 0.772. The number of aliphatic hydroxyl groups is 1. The fourth-order valence-electron chi connectivity index (χ4n) is 2.68. The molecule has 0 aliphatic rings. The molecule has 0 aliphatic heterocycles. The fraction of sp³-hybridized carbons (Fsp3) is 0.211. The first-order chi connectivity index (χ1) is 12.7. The molecule has 26 heavy (non-hydrogen) atoms. The maximum Gasteiger partial charge on any atom is 0.181 e. The summed E-state index contributed by atoms with van der Waals surface area (Å²) in [5, 5.41) is 16.8. The standard InChI is InChI=1S/C19H20N4O2S/c1-13(15-4-5-17(20-2)18(9-15)26-12-25)16-7-8-23(22-16)19-6-3-14(11-24)10-21-19/h3-10,12-13,20,24H,11H2,1-2H3. The van der Waals surface area contributed by atoms with Crippen LogP contribution in [0.5, 0.6) is 0 Å². The van der Waals surface area contributed by atoms with Crippen LogP contribution in [0.2, 0.25) is 0 Å². The second kappa shape index (κ2) is 8.16. The molecule has 0 radical (unpaired) electrons. The monoisotopic (exact) mass is 368 g/mol. The van der Waals surface area contributed by atoms with E-state index in [1.54, 1.807) is 10.9 Å². The number of aromatic nitrogens is 3. The molecule has 3 aromatic rings. The Morgan fingerprint density at radius 1 is 1.31 bits per heavy atom. The van der Waals surface area contributed by atoms with Gasteiger partial charge in [-0.1, -0.05) is 30.8 Å². The van der Waals surface area contributed by atoms with E-state index in [9.17, 15) is 4.79 Å². The van der Waals surface area contributed by atoms with Crippen LogP contribution in [0.15, 0.2) is 53.7 Å². The summed E-state index contributed by atoms with van der Waals surface area (Å²) in [4.78, 5) is 16.1. The number of anilines is 1. The highest BCUT2D eigenvalue weighted by Gasteiger charge is 2.14. The van der Waals surface area contributed by atoms with E-state index in [2.05, 4.69) is 22.3 Å². The lowest BCUT2D eigenvalue weighted by atomic mass is 9.98. The molecule has 0 saturated heterocycles. The Morgan fingerprint density at radius 3 is 2.81 bits per heavy atom. The van der Waals surface area contributed by atoms with Gasteiger partial charge in [-0.2, -0.15) is 5.10 Å². The van der Waals surface area contributed by atoms with Gasteiger partial charge >= 0.3 is 0 Å². The lowest BCUT2D eigenvalue weighted by Crippen LogP contribution is -2.03. The number of carbonyl (C=O) groups excluding carboxylic acids is 1. The van der Waals surface area contributed by atoms with Gasteiger partial charge in [0.2, 0.25) is 0 Å². The molecular formula is C19H20N4O2S. The van der Waals surface area contributed by atoms with Gasteiger partial charge in [0, 0.05) is 35.9 Å². The largest absolute Gasteiger partial charge is 0.392 e. The van der Waals surface area contributed by atoms with Gasteiger partial charge in [-0.15, -0.1) is 0 Å². The van der Waals surface area contributed by atoms with Gasteiger partial charge in [0.1, 0.15) is 0 Å². The minimum absolute atomic E-state index is 0.0293. The van der Waals surface area contributed by atoms with E-state index < -0.39 is 0 Å². The van der Waals surface area contributed by atoms with Crippen LogP contribution < -0.4 is 5.32 Å². The minimum atomic E-state index is -0.0293. The van der Waals surface area contributed by atoms with E-state index in [1.807, 2.05) is 49.6 Å². The van der Waals surface area contributed by atoms with Gasteiger partial charge in [0.05, 0.1) is 12.3 Å². The zero-order valence-corrected chi connectivity index (χ0v) is 15.4. The molecule has 0 aliphatic carbocycles. The van der Waals surface area contributed by atoms with Gasteiger partial charge in [0.15, 0.2) is 11.4 Å². The molecule has 0 spiro atoms. The number of hydrogen-bond acceptors (Lipinski definition) is 6. The first kappa shape index (κ1) is 18.2. The number of pyridine rings is 1. The van der Waals surface area contributed by atoms with Crippen LogP contribution in [0.3, 0.4) is 0 Å².